The Morgan fingerprint density at radius 1 is 1.23 bits per heavy atom. The van der Waals surface area contributed by atoms with Crippen LogP contribution in [0.25, 0.3) is 0 Å². The minimum atomic E-state index is -0.820. The summed E-state index contributed by atoms with van der Waals surface area (Å²) in [5.41, 5.74) is 1.10. The van der Waals surface area contributed by atoms with Crippen LogP contribution < -0.4 is 4.74 Å². The van der Waals surface area contributed by atoms with Gasteiger partial charge >= 0.3 is 0 Å². The van der Waals surface area contributed by atoms with Crippen LogP contribution in [-0.2, 0) is 16.1 Å². The molecule has 1 heterocycles. The summed E-state index contributed by atoms with van der Waals surface area (Å²) in [6.45, 7) is 5.08. The van der Waals surface area contributed by atoms with Crippen LogP contribution >= 0.6 is 11.6 Å². The molecule has 3 rings (SSSR count). The molecule has 6 heteroatoms. The zero-order chi connectivity index (χ0) is 18.7. The Kier molecular flexibility index (Phi) is 5.61. The van der Waals surface area contributed by atoms with Crippen molar-refractivity contribution in [2.45, 2.75) is 26.7 Å². The number of benzene rings is 2. The molecule has 0 amide bonds. The molecule has 26 heavy (non-hydrogen) atoms. The Bertz CT molecular complexity index is 782. The summed E-state index contributed by atoms with van der Waals surface area (Å²) in [7, 11) is 0. The summed E-state index contributed by atoms with van der Waals surface area (Å²) in [4.78, 5) is 11.5. The van der Waals surface area contributed by atoms with E-state index < -0.39 is 17.3 Å². The van der Waals surface area contributed by atoms with Gasteiger partial charge in [-0.2, -0.15) is 0 Å². The molecule has 0 atom stereocenters. The van der Waals surface area contributed by atoms with Crippen LogP contribution in [0.1, 0.15) is 41.6 Å². The van der Waals surface area contributed by atoms with E-state index in [2.05, 4.69) is 0 Å². The van der Waals surface area contributed by atoms with Crippen molar-refractivity contribution in [1.29, 1.82) is 0 Å². The number of carbonyl (C=O) groups excluding carboxylic acids is 1. The molecule has 0 aliphatic carbocycles. The van der Waals surface area contributed by atoms with Crippen molar-refractivity contribution in [1.82, 2.24) is 0 Å². The molecule has 2 aromatic carbocycles. The number of rotatable bonds is 5. The van der Waals surface area contributed by atoms with Crippen molar-refractivity contribution in [2.75, 3.05) is 13.2 Å². The molecule has 0 spiro atoms. The van der Waals surface area contributed by atoms with E-state index in [0.29, 0.717) is 18.8 Å². The Morgan fingerprint density at radius 2 is 1.88 bits per heavy atom. The van der Waals surface area contributed by atoms with Crippen LogP contribution in [0.4, 0.5) is 4.39 Å². The second kappa shape index (κ2) is 7.74. The number of hydrogen-bond acceptors (Lipinski definition) is 4. The summed E-state index contributed by atoms with van der Waals surface area (Å²) in [5.74, 6) is -0.681. The fourth-order valence-electron chi connectivity index (χ4n) is 2.66. The lowest BCUT2D eigenvalue weighted by molar-refractivity contribution is -0.226. The van der Waals surface area contributed by atoms with Crippen LogP contribution in [0.15, 0.2) is 42.5 Å². The molecule has 1 aliphatic heterocycles. The van der Waals surface area contributed by atoms with Crippen molar-refractivity contribution < 1.29 is 23.4 Å². The molecule has 2 aromatic rings. The van der Waals surface area contributed by atoms with Crippen molar-refractivity contribution in [3.63, 3.8) is 0 Å². The van der Waals surface area contributed by atoms with Gasteiger partial charge in [-0.3, -0.25) is 4.79 Å². The molecular weight excluding hydrogens is 359 g/mol. The lowest BCUT2D eigenvalue weighted by Crippen LogP contribution is -2.34. The summed E-state index contributed by atoms with van der Waals surface area (Å²) in [6, 6.07) is 11.9. The van der Waals surface area contributed by atoms with Gasteiger partial charge in [-0.05, 0) is 29.3 Å². The normalized spacial score (nSPS) is 17.1. The van der Waals surface area contributed by atoms with E-state index in [1.54, 1.807) is 0 Å². The quantitative estimate of drug-likeness (QED) is 0.697. The molecule has 4 nitrogen and oxygen atoms in total. The van der Waals surface area contributed by atoms with E-state index >= 15 is 0 Å². The molecule has 138 valence electrons. The smallest absolute Gasteiger partial charge is 0.252 e. The van der Waals surface area contributed by atoms with Crippen molar-refractivity contribution in [3.8, 4) is 5.75 Å². The maximum atomic E-state index is 14.6. The van der Waals surface area contributed by atoms with E-state index in [0.717, 1.165) is 11.6 Å². The number of hydrogen-bond donors (Lipinski definition) is 0. The van der Waals surface area contributed by atoms with E-state index in [1.165, 1.54) is 6.07 Å². The van der Waals surface area contributed by atoms with Crippen LogP contribution in [-0.4, -0.2) is 18.5 Å². The minimum Gasteiger partial charge on any atom is -0.485 e. The Balaban J connectivity index is 1.90. The number of ether oxygens (including phenoxy) is 3. The minimum absolute atomic E-state index is 0.000209. The van der Waals surface area contributed by atoms with Gasteiger partial charge in [0, 0.05) is 11.0 Å². The van der Waals surface area contributed by atoms with Crippen molar-refractivity contribution in [2.24, 2.45) is 5.41 Å². The summed E-state index contributed by atoms with van der Waals surface area (Å²) in [6.07, 6.45) is -0.820. The highest BCUT2D eigenvalue weighted by Crippen LogP contribution is 2.38. The fraction of sp³-hybridized carbons (Fsp3) is 0.350. The first-order chi connectivity index (χ1) is 12.4. The molecule has 1 fully saturated rings. The van der Waals surface area contributed by atoms with E-state index in [1.807, 2.05) is 44.2 Å². The van der Waals surface area contributed by atoms with Crippen molar-refractivity contribution in [3.05, 3.63) is 65.0 Å². The highest BCUT2D eigenvalue weighted by molar-refractivity contribution is 6.67. The Morgan fingerprint density at radius 3 is 2.50 bits per heavy atom. The maximum Gasteiger partial charge on any atom is 0.252 e. The Labute approximate surface area is 156 Å². The number of halogens is 2. The standard InChI is InChI=1S/C20H20ClFO4/c1-20(2)11-25-19(26-12-20)15-8-14(18(21)23)9-16(22)17(15)24-10-13-6-4-3-5-7-13/h3-9,19H,10-12H2,1-2H3. The molecule has 1 aliphatic rings. The first-order valence-corrected chi connectivity index (χ1v) is 8.67. The van der Waals surface area contributed by atoms with E-state index in [9.17, 15) is 9.18 Å². The van der Waals surface area contributed by atoms with Crippen LogP contribution in [0.5, 0.6) is 5.75 Å². The first-order valence-electron chi connectivity index (χ1n) is 8.29. The lowest BCUT2D eigenvalue weighted by Gasteiger charge is -2.35. The molecule has 0 N–H and O–H groups in total. The third kappa shape index (κ3) is 4.41. The van der Waals surface area contributed by atoms with Gasteiger partial charge in [0.1, 0.15) is 6.61 Å². The van der Waals surface area contributed by atoms with Gasteiger partial charge < -0.3 is 14.2 Å². The maximum absolute atomic E-state index is 14.6. The summed E-state index contributed by atoms with van der Waals surface area (Å²) < 4.78 is 31.8. The van der Waals surface area contributed by atoms with Crippen molar-refractivity contribution >= 4 is 16.8 Å². The second-order valence-corrected chi connectivity index (χ2v) is 7.39. The van der Waals surface area contributed by atoms with Gasteiger partial charge in [0.2, 0.25) is 0 Å². The van der Waals surface area contributed by atoms with Gasteiger partial charge in [-0.15, -0.1) is 0 Å². The monoisotopic (exact) mass is 378 g/mol. The van der Waals surface area contributed by atoms with Gasteiger partial charge in [0.25, 0.3) is 5.24 Å². The number of carbonyl (C=O) groups is 1. The third-order valence-corrected chi connectivity index (χ3v) is 4.25. The van der Waals surface area contributed by atoms with Crippen LogP contribution in [0.3, 0.4) is 0 Å². The van der Waals surface area contributed by atoms with Gasteiger partial charge in [-0.25, -0.2) is 4.39 Å². The average Bonchev–Trinajstić information content (AvgIpc) is 2.61. The predicted octanol–water partition coefficient (Wildman–Crippen LogP) is 4.86. The molecule has 0 bridgehead atoms. The average molecular weight is 379 g/mol. The van der Waals surface area contributed by atoms with Crippen LogP contribution in [0.2, 0.25) is 0 Å². The molecule has 0 unspecified atom stereocenters. The van der Waals surface area contributed by atoms with Gasteiger partial charge in [0.15, 0.2) is 17.9 Å². The molecular formula is C20H20ClFO4. The molecule has 0 radical (unpaired) electrons. The summed E-state index contributed by atoms with van der Waals surface area (Å²) >= 11 is 5.53. The molecule has 1 saturated heterocycles. The van der Waals surface area contributed by atoms with E-state index in [-0.39, 0.29) is 23.3 Å². The first kappa shape index (κ1) is 18.8. The van der Waals surface area contributed by atoms with Gasteiger partial charge in [0.05, 0.1) is 18.8 Å². The Hall–Kier alpha value is -1.95. The molecule has 0 aromatic heterocycles. The second-order valence-electron chi connectivity index (χ2n) is 7.04. The SMILES string of the molecule is CC1(C)COC(c2cc(C(=O)Cl)cc(F)c2OCc2ccccc2)OC1. The zero-order valence-corrected chi connectivity index (χ0v) is 15.4. The largest absolute Gasteiger partial charge is 0.485 e. The highest BCUT2D eigenvalue weighted by atomic mass is 35.5. The van der Waals surface area contributed by atoms with E-state index in [4.69, 9.17) is 25.8 Å². The highest BCUT2D eigenvalue weighted by Gasteiger charge is 2.32. The fourth-order valence-corrected chi connectivity index (χ4v) is 2.77. The third-order valence-electron chi connectivity index (χ3n) is 4.03. The lowest BCUT2D eigenvalue weighted by atomic mass is 9.95. The zero-order valence-electron chi connectivity index (χ0n) is 14.6. The topological polar surface area (TPSA) is 44.8 Å². The summed E-state index contributed by atoms with van der Waals surface area (Å²) in [5, 5.41) is -0.754. The molecule has 0 saturated carbocycles. The predicted molar refractivity (Wildman–Crippen MR) is 95.8 cm³/mol. The van der Waals surface area contributed by atoms with Gasteiger partial charge in [-0.1, -0.05) is 44.2 Å². The van der Waals surface area contributed by atoms with Crippen LogP contribution in [0, 0.1) is 11.2 Å².